The number of anilines is 1. The minimum atomic E-state index is -0.971. The average molecular weight is 289 g/mol. The van der Waals surface area contributed by atoms with Crippen LogP contribution in [0.4, 0.5) is 5.69 Å². The maximum absolute atomic E-state index is 11.9. The molecule has 4 heteroatoms. The van der Waals surface area contributed by atoms with E-state index in [1.807, 2.05) is 19.1 Å². The zero-order valence-electron chi connectivity index (χ0n) is 12.7. The minimum absolute atomic E-state index is 0.0342. The Kier molecular flexibility index (Phi) is 7.23. The molecular weight excluding hydrogens is 266 g/mol. The predicted octanol–water partition coefficient (Wildman–Crippen LogP) is 3.87. The summed E-state index contributed by atoms with van der Waals surface area (Å²) in [7, 11) is 0. The monoisotopic (exact) mass is 289 g/mol. The normalized spacial score (nSPS) is 10.8. The topological polar surface area (TPSA) is 66.4 Å². The summed E-state index contributed by atoms with van der Waals surface area (Å²) in [6.07, 6.45) is 7.04. The Labute approximate surface area is 125 Å². The molecule has 0 atom stereocenters. The van der Waals surface area contributed by atoms with E-state index < -0.39 is 5.97 Å². The first kappa shape index (κ1) is 17.0. The van der Waals surface area contributed by atoms with Gasteiger partial charge < -0.3 is 10.4 Å². The van der Waals surface area contributed by atoms with Gasteiger partial charge in [-0.15, -0.1) is 0 Å². The average Bonchev–Trinajstić information content (AvgIpc) is 2.46. The Morgan fingerprint density at radius 1 is 1.24 bits per heavy atom. The number of carbonyl (C=O) groups is 2. The van der Waals surface area contributed by atoms with Gasteiger partial charge in [-0.25, -0.2) is 4.79 Å². The Bertz CT molecular complexity index is 521. The van der Waals surface area contributed by atoms with Crippen molar-refractivity contribution in [2.45, 2.75) is 46.0 Å². The van der Waals surface area contributed by atoms with Crippen molar-refractivity contribution in [3.8, 4) is 0 Å². The molecule has 2 N–H and O–H groups in total. The predicted molar refractivity (Wildman–Crippen MR) is 85.3 cm³/mol. The Morgan fingerprint density at radius 2 is 2.00 bits per heavy atom. The number of aliphatic carboxylic acids is 1. The lowest BCUT2D eigenvalue weighted by Crippen LogP contribution is -2.12. The molecule has 0 aliphatic carbocycles. The quantitative estimate of drug-likeness (QED) is 0.564. The summed E-state index contributed by atoms with van der Waals surface area (Å²) in [6.45, 7) is 4.11. The van der Waals surface area contributed by atoms with Gasteiger partial charge in [-0.3, -0.25) is 4.79 Å². The van der Waals surface area contributed by atoms with Crippen molar-refractivity contribution in [2.24, 2.45) is 0 Å². The fourth-order valence-corrected chi connectivity index (χ4v) is 2.05. The Hall–Kier alpha value is -2.10. The van der Waals surface area contributed by atoms with E-state index in [-0.39, 0.29) is 5.91 Å². The lowest BCUT2D eigenvalue weighted by Gasteiger charge is -2.11. The lowest BCUT2D eigenvalue weighted by molar-refractivity contribution is -0.131. The molecule has 0 fully saturated rings. The Morgan fingerprint density at radius 3 is 2.62 bits per heavy atom. The van der Waals surface area contributed by atoms with Crippen LogP contribution >= 0.6 is 0 Å². The highest BCUT2D eigenvalue weighted by atomic mass is 16.4. The number of nitrogens with one attached hydrogen (secondary N) is 1. The second-order valence-corrected chi connectivity index (χ2v) is 4.95. The van der Waals surface area contributed by atoms with E-state index in [1.54, 1.807) is 12.1 Å². The molecule has 0 bridgehead atoms. The highest BCUT2D eigenvalue weighted by molar-refractivity contribution is 5.92. The molecule has 1 aromatic carbocycles. The summed E-state index contributed by atoms with van der Waals surface area (Å²) in [4.78, 5) is 22.4. The van der Waals surface area contributed by atoms with Crippen molar-refractivity contribution in [3.63, 3.8) is 0 Å². The molecule has 0 aliphatic rings. The molecule has 4 nitrogen and oxygen atoms in total. The van der Waals surface area contributed by atoms with Gasteiger partial charge in [-0.1, -0.05) is 32.8 Å². The van der Waals surface area contributed by atoms with E-state index in [4.69, 9.17) is 5.11 Å². The molecule has 0 radical (unpaired) electrons. The van der Waals surface area contributed by atoms with Gasteiger partial charge >= 0.3 is 5.97 Å². The van der Waals surface area contributed by atoms with Crippen LogP contribution in [0.15, 0.2) is 24.3 Å². The highest BCUT2D eigenvalue weighted by Gasteiger charge is 2.06. The molecule has 1 rings (SSSR count). The van der Waals surface area contributed by atoms with Crippen molar-refractivity contribution in [3.05, 3.63) is 35.4 Å². The molecule has 21 heavy (non-hydrogen) atoms. The summed E-state index contributed by atoms with van der Waals surface area (Å²) in [6, 6.07) is 5.54. The van der Waals surface area contributed by atoms with E-state index in [9.17, 15) is 9.59 Å². The third kappa shape index (κ3) is 6.25. The van der Waals surface area contributed by atoms with Gasteiger partial charge in [0.25, 0.3) is 0 Å². The molecule has 0 saturated heterocycles. The number of hydrogen-bond acceptors (Lipinski definition) is 2. The van der Waals surface area contributed by atoms with E-state index in [0.29, 0.717) is 6.42 Å². The summed E-state index contributed by atoms with van der Waals surface area (Å²) >= 11 is 0. The third-order valence-electron chi connectivity index (χ3n) is 3.21. The molecule has 0 saturated carbocycles. The Balaban J connectivity index is 2.74. The van der Waals surface area contributed by atoms with E-state index in [2.05, 4.69) is 12.2 Å². The fourth-order valence-electron chi connectivity index (χ4n) is 2.05. The van der Waals surface area contributed by atoms with E-state index >= 15 is 0 Å². The molecule has 0 aliphatic heterocycles. The largest absolute Gasteiger partial charge is 0.478 e. The number of unbranched alkanes of at least 4 members (excludes halogenated alkanes) is 2. The van der Waals surface area contributed by atoms with Crippen molar-refractivity contribution in [1.82, 2.24) is 0 Å². The summed E-state index contributed by atoms with van der Waals surface area (Å²) in [5.41, 5.74) is 2.64. The molecular formula is C17H23NO3. The van der Waals surface area contributed by atoms with Gasteiger partial charge in [-0.05, 0) is 42.2 Å². The van der Waals surface area contributed by atoms with Crippen LogP contribution in [-0.4, -0.2) is 17.0 Å². The summed E-state index contributed by atoms with van der Waals surface area (Å²) in [5, 5.41) is 11.6. The number of carboxylic acids is 1. The van der Waals surface area contributed by atoms with Gasteiger partial charge in [0.05, 0.1) is 0 Å². The summed E-state index contributed by atoms with van der Waals surface area (Å²) < 4.78 is 0. The van der Waals surface area contributed by atoms with Crippen LogP contribution in [0.2, 0.25) is 0 Å². The molecule has 114 valence electrons. The number of carboxylic acid groups (broad SMARTS) is 1. The van der Waals surface area contributed by atoms with Gasteiger partial charge in [0.2, 0.25) is 5.91 Å². The van der Waals surface area contributed by atoms with E-state index in [1.165, 1.54) is 0 Å². The van der Waals surface area contributed by atoms with Crippen LogP contribution in [0.3, 0.4) is 0 Å². The standard InChI is InChI=1S/C17H23NO3/c1-3-5-6-7-16(19)18-15-10-8-13(9-11-17(20)21)12-14(15)4-2/h8-12H,3-7H2,1-2H3,(H,18,19)(H,20,21)/b11-9+. The first-order valence-electron chi connectivity index (χ1n) is 7.40. The SMILES string of the molecule is CCCCCC(=O)Nc1ccc(/C=C/C(=O)O)cc1CC. The van der Waals surface area contributed by atoms with Crippen molar-refractivity contribution in [2.75, 3.05) is 5.32 Å². The smallest absolute Gasteiger partial charge is 0.328 e. The second-order valence-electron chi connectivity index (χ2n) is 4.95. The van der Waals surface area contributed by atoms with Gasteiger partial charge in [0.15, 0.2) is 0 Å². The zero-order chi connectivity index (χ0) is 15.7. The maximum atomic E-state index is 11.9. The first-order valence-corrected chi connectivity index (χ1v) is 7.40. The highest BCUT2D eigenvalue weighted by Crippen LogP contribution is 2.19. The second kappa shape index (κ2) is 8.95. The summed E-state index contributed by atoms with van der Waals surface area (Å²) in [5.74, 6) is -0.937. The maximum Gasteiger partial charge on any atom is 0.328 e. The van der Waals surface area contributed by atoms with Crippen LogP contribution in [0.25, 0.3) is 6.08 Å². The number of carbonyl (C=O) groups excluding carboxylic acids is 1. The van der Waals surface area contributed by atoms with Crippen molar-refractivity contribution >= 4 is 23.6 Å². The third-order valence-corrected chi connectivity index (χ3v) is 3.21. The molecule has 0 unspecified atom stereocenters. The minimum Gasteiger partial charge on any atom is -0.478 e. The van der Waals surface area contributed by atoms with Crippen LogP contribution in [0, 0.1) is 0 Å². The van der Waals surface area contributed by atoms with Crippen LogP contribution < -0.4 is 5.32 Å². The van der Waals surface area contributed by atoms with E-state index in [0.717, 1.165) is 48.6 Å². The van der Waals surface area contributed by atoms with Crippen LogP contribution in [0.1, 0.15) is 50.7 Å². The number of benzene rings is 1. The lowest BCUT2D eigenvalue weighted by atomic mass is 10.1. The zero-order valence-corrected chi connectivity index (χ0v) is 12.7. The fraction of sp³-hybridized carbons (Fsp3) is 0.412. The number of amides is 1. The van der Waals surface area contributed by atoms with Gasteiger partial charge in [-0.2, -0.15) is 0 Å². The van der Waals surface area contributed by atoms with Gasteiger partial charge in [0.1, 0.15) is 0 Å². The van der Waals surface area contributed by atoms with Crippen molar-refractivity contribution in [1.29, 1.82) is 0 Å². The molecule has 1 aromatic rings. The molecule has 0 heterocycles. The van der Waals surface area contributed by atoms with Crippen LogP contribution in [0.5, 0.6) is 0 Å². The molecule has 1 amide bonds. The van der Waals surface area contributed by atoms with Crippen molar-refractivity contribution < 1.29 is 14.7 Å². The first-order chi connectivity index (χ1) is 10.1. The molecule has 0 aromatic heterocycles. The number of aryl methyl sites for hydroxylation is 1. The number of rotatable bonds is 8. The molecule has 0 spiro atoms. The van der Waals surface area contributed by atoms with Crippen LogP contribution in [-0.2, 0) is 16.0 Å². The number of hydrogen-bond donors (Lipinski definition) is 2. The van der Waals surface area contributed by atoms with Gasteiger partial charge in [0, 0.05) is 18.2 Å².